The highest BCUT2D eigenvalue weighted by atomic mass is 35.5. The monoisotopic (exact) mass is 226 g/mol. The summed E-state index contributed by atoms with van der Waals surface area (Å²) in [5, 5.41) is 0.477. The minimum atomic E-state index is -0.0276. The van der Waals surface area contributed by atoms with Gasteiger partial charge in [0, 0.05) is 19.2 Å². The predicted molar refractivity (Wildman–Crippen MR) is 63.1 cm³/mol. The number of halogens is 1. The molecule has 1 amide bonds. The molecular formula is C11H15ClN2O. The molecule has 0 bridgehead atoms. The van der Waals surface area contributed by atoms with E-state index in [1.165, 1.54) is 0 Å². The quantitative estimate of drug-likeness (QED) is 0.805. The molecular weight excluding hydrogens is 212 g/mol. The van der Waals surface area contributed by atoms with E-state index in [2.05, 4.69) is 0 Å². The molecule has 4 heteroatoms. The number of benzene rings is 1. The number of nitrogens with two attached hydrogens (primary N) is 1. The highest BCUT2D eigenvalue weighted by Crippen LogP contribution is 2.20. The second-order valence-electron chi connectivity index (χ2n) is 3.46. The van der Waals surface area contributed by atoms with Crippen LogP contribution in [0.1, 0.15) is 23.7 Å². The maximum Gasteiger partial charge on any atom is 0.253 e. The second kappa shape index (κ2) is 5.03. The first-order valence-electron chi connectivity index (χ1n) is 4.86. The molecule has 0 saturated carbocycles. The molecule has 0 saturated heterocycles. The Balaban J connectivity index is 2.87. The van der Waals surface area contributed by atoms with E-state index in [4.69, 9.17) is 17.3 Å². The Bertz CT molecular complexity index is 366. The van der Waals surface area contributed by atoms with Gasteiger partial charge >= 0.3 is 0 Å². The normalized spacial score (nSPS) is 10.1. The van der Waals surface area contributed by atoms with Crippen LogP contribution in [-0.4, -0.2) is 24.4 Å². The second-order valence-corrected chi connectivity index (χ2v) is 3.87. The average molecular weight is 227 g/mol. The van der Waals surface area contributed by atoms with Crippen molar-refractivity contribution in [1.82, 2.24) is 4.90 Å². The topological polar surface area (TPSA) is 46.3 Å². The first-order valence-corrected chi connectivity index (χ1v) is 5.24. The van der Waals surface area contributed by atoms with Gasteiger partial charge in [-0.15, -0.1) is 0 Å². The highest BCUT2D eigenvalue weighted by Gasteiger charge is 2.11. The Morgan fingerprint density at radius 2 is 2.20 bits per heavy atom. The number of rotatable bonds is 3. The van der Waals surface area contributed by atoms with Crippen molar-refractivity contribution < 1.29 is 4.79 Å². The number of hydrogen-bond acceptors (Lipinski definition) is 2. The van der Waals surface area contributed by atoms with Crippen LogP contribution in [0.15, 0.2) is 18.2 Å². The van der Waals surface area contributed by atoms with Crippen LogP contribution in [0.25, 0.3) is 0 Å². The molecule has 0 aliphatic rings. The van der Waals surface area contributed by atoms with Crippen LogP contribution < -0.4 is 5.73 Å². The number of nitrogens with zero attached hydrogens (tertiary/aromatic N) is 1. The molecule has 0 atom stereocenters. The third-order valence-electron chi connectivity index (χ3n) is 2.15. The van der Waals surface area contributed by atoms with Crippen molar-refractivity contribution in [2.24, 2.45) is 0 Å². The van der Waals surface area contributed by atoms with Gasteiger partial charge in [0.2, 0.25) is 0 Å². The summed E-state index contributed by atoms with van der Waals surface area (Å²) in [6.07, 6.45) is 0.936. The molecule has 0 aromatic heterocycles. The predicted octanol–water partition coefficient (Wildman–Crippen LogP) is 2.40. The van der Waals surface area contributed by atoms with Crippen molar-refractivity contribution in [3.05, 3.63) is 28.8 Å². The van der Waals surface area contributed by atoms with E-state index in [0.717, 1.165) is 13.0 Å². The standard InChI is InChI=1S/C11H15ClN2O/c1-3-6-14(2)11(15)8-4-5-9(12)10(13)7-8/h4-5,7H,3,6,13H2,1-2H3. The van der Waals surface area contributed by atoms with Crippen LogP contribution in [-0.2, 0) is 0 Å². The van der Waals surface area contributed by atoms with Crippen molar-refractivity contribution in [2.75, 3.05) is 19.3 Å². The fourth-order valence-electron chi connectivity index (χ4n) is 1.33. The van der Waals surface area contributed by atoms with Gasteiger partial charge in [0.25, 0.3) is 5.91 Å². The summed E-state index contributed by atoms with van der Waals surface area (Å²) in [4.78, 5) is 13.5. The molecule has 1 rings (SSSR count). The molecule has 0 heterocycles. The van der Waals surface area contributed by atoms with E-state index in [1.54, 1.807) is 30.1 Å². The Morgan fingerprint density at radius 1 is 1.53 bits per heavy atom. The van der Waals surface area contributed by atoms with Gasteiger partial charge in [0.15, 0.2) is 0 Å². The molecule has 0 aliphatic carbocycles. The lowest BCUT2D eigenvalue weighted by molar-refractivity contribution is 0.0795. The Labute approximate surface area is 94.8 Å². The zero-order valence-corrected chi connectivity index (χ0v) is 9.71. The molecule has 15 heavy (non-hydrogen) atoms. The Morgan fingerprint density at radius 3 is 2.73 bits per heavy atom. The van der Waals surface area contributed by atoms with Crippen molar-refractivity contribution in [1.29, 1.82) is 0 Å². The summed E-state index contributed by atoms with van der Waals surface area (Å²) in [6.45, 7) is 2.77. The molecule has 0 aliphatic heterocycles. The lowest BCUT2D eigenvalue weighted by Crippen LogP contribution is -2.27. The minimum absolute atomic E-state index is 0.0276. The van der Waals surface area contributed by atoms with Gasteiger partial charge in [0.1, 0.15) is 0 Å². The van der Waals surface area contributed by atoms with E-state index in [1.807, 2.05) is 6.92 Å². The number of anilines is 1. The van der Waals surface area contributed by atoms with Crippen LogP contribution >= 0.6 is 11.6 Å². The zero-order valence-electron chi connectivity index (χ0n) is 8.96. The van der Waals surface area contributed by atoms with Gasteiger partial charge in [-0.3, -0.25) is 4.79 Å². The Kier molecular flexibility index (Phi) is 3.97. The van der Waals surface area contributed by atoms with Gasteiger partial charge in [-0.2, -0.15) is 0 Å². The van der Waals surface area contributed by atoms with Gasteiger partial charge in [-0.05, 0) is 24.6 Å². The number of hydrogen-bond donors (Lipinski definition) is 1. The molecule has 82 valence electrons. The summed E-state index contributed by atoms with van der Waals surface area (Å²) in [5.41, 5.74) is 6.64. The molecule has 1 aromatic rings. The smallest absolute Gasteiger partial charge is 0.253 e. The van der Waals surface area contributed by atoms with Crippen molar-refractivity contribution in [2.45, 2.75) is 13.3 Å². The van der Waals surface area contributed by atoms with Crippen LogP contribution in [0.5, 0.6) is 0 Å². The van der Waals surface area contributed by atoms with Crippen molar-refractivity contribution in [3.8, 4) is 0 Å². The number of carbonyl (C=O) groups excluding carboxylic acids is 1. The summed E-state index contributed by atoms with van der Waals surface area (Å²) >= 11 is 5.78. The summed E-state index contributed by atoms with van der Waals surface area (Å²) in [7, 11) is 1.77. The maximum absolute atomic E-state index is 11.8. The van der Waals surface area contributed by atoms with Crippen LogP contribution in [0.3, 0.4) is 0 Å². The van der Waals surface area contributed by atoms with E-state index in [9.17, 15) is 4.79 Å². The molecule has 1 aromatic carbocycles. The summed E-state index contributed by atoms with van der Waals surface area (Å²) in [5.74, 6) is -0.0276. The molecule has 0 unspecified atom stereocenters. The van der Waals surface area contributed by atoms with E-state index in [0.29, 0.717) is 16.3 Å². The molecule has 0 fully saturated rings. The molecule has 0 spiro atoms. The third-order valence-corrected chi connectivity index (χ3v) is 2.49. The van der Waals surface area contributed by atoms with E-state index in [-0.39, 0.29) is 5.91 Å². The maximum atomic E-state index is 11.8. The van der Waals surface area contributed by atoms with Gasteiger partial charge in [0.05, 0.1) is 10.7 Å². The Hall–Kier alpha value is -1.22. The fraction of sp³-hybridized carbons (Fsp3) is 0.364. The van der Waals surface area contributed by atoms with Gasteiger partial charge < -0.3 is 10.6 Å². The van der Waals surface area contributed by atoms with Crippen LogP contribution in [0.2, 0.25) is 5.02 Å². The molecule has 2 N–H and O–H groups in total. The SMILES string of the molecule is CCCN(C)C(=O)c1ccc(Cl)c(N)c1. The summed E-state index contributed by atoms with van der Waals surface area (Å²) in [6, 6.07) is 4.94. The van der Waals surface area contributed by atoms with Crippen LogP contribution in [0, 0.1) is 0 Å². The van der Waals surface area contributed by atoms with Crippen molar-refractivity contribution in [3.63, 3.8) is 0 Å². The largest absolute Gasteiger partial charge is 0.398 e. The fourth-order valence-corrected chi connectivity index (χ4v) is 1.45. The third kappa shape index (κ3) is 2.86. The lowest BCUT2D eigenvalue weighted by Gasteiger charge is -2.16. The minimum Gasteiger partial charge on any atom is -0.398 e. The van der Waals surface area contributed by atoms with Crippen molar-refractivity contribution >= 4 is 23.2 Å². The number of amides is 1. The number of nitrogen functional groups attached to an aromatic ring is 1. The average Bonchev–Trinajstić information content (AvgIpc) is 2.21. The lowest BCUT2D eigenvalue weighted by atomic mass is 10.2. The van der Waals surface area contributed by atoms with E-state index < -0.39 is 0 Å². The summed E-state index contributed by atoms with van der Waals surface area (Å²) < 4.78 is 0. The zero-order chi connectivity index (χ0) is 11.4. The van der Waals surface area contributed by atoms with E-state index >= 15 is 0 Å². The molecule has 3 nitrogen and oxygen atoms in total. The van der Waals surface area contributed by atoms with Gasteiger partial charge in [-0.1, -0.05) is 18.5 Å². The first kappa shape index (κ1) is 11.9. The molecule has 0 radical (unpaired) electrons. The highest BCUT2D eigenvalue weighted by molar-refractivity contribution is 6.33. The number of carbonyl (C=O) groups is 1. The van der Waals surface area contributed by atoms with Crippen LogP contribution in [0.4, 0.5) is 5.69 Å². The van der Waals surface area contributed by atoms with Gasteiger partial charge in [-0.25, -0.2) is 0 Å². The first-order chi connectivity index (χ1) is 7.06.